The highest BCUT2D eigenvalue weighted by molar-refractivity contribution is 5.75. The lowest BCUT2D eigenvalue weighted by molar-refractivity contribution is 0.567. The highest BCUT2D eigenvalue weighted by Crippen LogP contribution is 2.31. The van der Waals surface area contributed by atoms with Gasteiger partial charge in [-0.1, -0.05) is 26.8 Å². The molecule has 4 nitrogen and oxygen atoms in total. The molecule has 4 heteroatoms. The van der Waals surface area contributed by atoms with E-state index in [0.717, 1.165) is 0 Å². The van der Waals surface area contributed by atoms with E-state index in [-0.39, 0.29) is 11.1 Å². The molecule has 0 aliphatic heterocycles. The van der Waals surface area contributed by atoms with Crippen molar-refractivity contribution in [3.63, 3.8) is 0 Å². The molecule has 0 aliphatic rings. The zero-order valence-corrected chi connectivity index (χ0v) is 10.1. The van der Waals surface area contributed by atoms with E-state index < -0.39 is 0 Å². The first-order valence-corrected chi connectivity index (χ1v) is 5.34. The third kappa shape index (κ3) is 1.80. The maximum atomic E-state index is 11.9. The molecule has 0 radical (unpaired) electrons. The maximum absolute atomic E-state index is 11.9. The SMILES string of the molecule is [C-]#[N+]c1c(C(C)(C)C)nc(=O)n2ccccc12. The Hall–Kier alpha value is -2.15. The Morgan fingerprint density at radius 2 is 2.06 bits per heavy atom. The van der Waals surface area contributed by atoms with Gasteiger partial charge in [-0.15, -0.1) is 0 Å². The molecule has 0 amide bonds. The number of hydrogen-bond donors (Lipinski definition) is 0. The first-order chi connectivity index (χ1) is 7.95. The summed E-state index contributed by atoms with van der Waals surface area (Å²) in [6.07, 6.45) is 1.63. The molecule has 0 N–H and O–H groups in total. The molecule has 0 bridgehead atoms. The van der Waals surface area contributed by atoms with Crippen LogP contribution in [0.2, 0.25) is 0 Å². The molecule has 2 aromatic rings. The van der Waals surface area contributed by atoms with Crippen molar-refractivity contribution in [3.05, 3.63) is 52.0 Å². The summed E-state index contributed by atoms with van der Waals surface area (Å²) in [5.41, 5.74) is 0.982. The van der Waals surface area contributed by atoms with Crippen molar-refractivity contribution in [2.45, 2.75) is 26.2 Å². The second-order valence-corrected chi connectivity index (χ2v) is 4.91. The van der Waals surface area contributed by atoms with Crippen LogP contribution in [0.5, 0.6) is 0 Å². The fourth-order valence-electron chi connectivity index (χ4n) is 1.76. The second-order valence-electron chi connectivity index (χ2n) is 4.91. The molecule has 0 saturated carbocycles. The zero-order chi connectivity index (χ0) is 12.6. The van der Waals surface area contributed by atoms with Crippen LogP contribution in [0.15, 0.2) is 29.2 Å². The predicted molar refractivity (Wildman–Crippen MR) is 66.4 cm³/mol. The Balaban J connectivity index is 3.00. The summed E-state index contributed by atoms with van der Waals surface area (Å²) in [6.45, 7) is 13.1. The Morgan fingerprint density at radius 3 is 2.65 bits per heavy atom. The summed E-state index contributed by atoms with van der Waals surface area (Å²) in [7, 11) is 0. The molecule has 0 aliphatic carbocycles. The van der Waals surface area contributed by atoms with E-state index in [1.807, 2.05) is 26.8 Å². The van der Waals surface area contributed by atoms with Crippen LogP contribution in [0.1, 0.15) is 26.5 Å². The normalized spacial score (nSPS) is 11.4. The molecule has 0 fully saturated rings. The lowest BCUT2D eigenvalue weighted by Crippen LogP contribution is -2.24. The third-order valence-corrected chi connectivity index (χ3v) is 2.56. The van der Waals surface area contributed by atoms with Gasteiger partial charge in [0.2, 0.25) is 5.69 Å². The van der Waals surface area contributed by atoms with Crippen LogP contribution >= 0.6 is 0 Å². The number of fused-ring (bicyclic) bond motifs is 1. The third-order valence-electron chi connectivity index (χ3n) is 2.56. The van der Waals surface area contributed by atoms with Gasteiger partial charge in [0, 0.05) is 6.20 Å². The Morgan fingerprint density at radius 1 is 1.35 bits per heavy atom. The van der Waals surface area contributed by atoms with Crippen molar-refractivity contribution in [1.29, 1.82) is 0 Å². The minimum Gasteiger partial charge on any atom is -0.278 e. The van der Waals surface area contributed by atoms with Crippen LogP contribution in [-0.2, 0) is 5.41 Å². The molecular weight excluding hydrogens is 214 g/mol. The molecule has 0 unspecified atom stereocenters. The van der Waals surface area contributed by atoms with E-state index in [9.17, 15) is 4.79 Å². The molecular formula is C13H13N3O. The molecule has 86 valence electrons. The predicted octanol–water partition coefficient (Wildman–Crippen LogP) is 2.54. The lowest BCUT2D eigenvalue weighted by atomic mass is 9.90. The van der Waals surface area contributed by atoms with E-state index in [1.165, 1.54) is 4.40 Å². The van der Waals surface area contributed by atoms with E-state index in [1.54, 1.807) is 18.3 Å². The van der Waals surface area contributed by atoms with Crippen molar-refractivity contribution in [2.75, 3.05) is 0 Å². The van der Waals surface area contributed by atoms with Crippen molar-refractivity contribution in [3.8, 4) is 0 Å². The second kappa shape index (κ2) is 3.70. The van der Waals surface area contributed by atoms with Gasteiger partial charge in [0.1, 0.15) is 0 Å². The Labute approximate surface area is 99.4 Å². The van der Waals surface area contributed by atoms with E-state index >= 15 is 0 Å². The summed E-state index contributed by atoms with van der Waals surface area (Å²) < 4.78 is 1.41. The molecule has 0 saturated heterocycles. The lowest BCUT2D eigenvalue weighted by Gasteiger charge is -2.19. The largest absolute Gasteiger partial charge is 0.350 e. The summed E-state index contributed by atoms with van der Waals surface area (Å²) in [5.74, 6) is 0. The van der Waals surface area contributed by atoms with Crippen LogP contribution in [0, 0.1) is 6.57 Å². The zero-order valence-electron chi connectivity index (χ0n) is 10.1. The Kier molecular flexibility index (Phi) is 2.47. The van der Waals surface area contributed by atoms with Gasteiger partial charge in [-0.25, -0.2) is 14.6 Å². The van der Waals surface area contributed by atoms with Gasteiger partial charge >= 0.3 is 5.69 Å². The quantitative estimate of drug-likeness (QED) is 0.649. The monoisotopic (exact) mass is 227 g/mol. The van der Waals surface area contributed by atoms with Gasteiger partial charge in [0.05, 0.1) is 17.8 Å². The summed E-state index contributed by atoms with van der Waals surface area (Å²) in [4.78, 5) is 19.4. The van der Waals surface area contributed by atoms with Gasteiger partial charge in [-0.05, 0) is 17.5 Å². The van der Waals surface area contributed by atoms with E-state index in [4.69, 9.17) is 6.57 Å². The van der Waals surface area contributed by atoms with Gasteiger partial charge in [0.15, 0.2) is 0 Å². The van der Waals surface area contributed by atoms with E-state index in [2.05, 4.69) is 9.83 Å². The maximum Gasteiger partial charge on any atom is 0.350 e. The highest BCUT2D eigenvalue weighted by atomic mass is 16.1. The number of rotatable bonds is 0. The number of nitrogens with zero attached hydrogens (tertiary/aromatic N) is 3. The summed E-state index contributed by atoms with van der Waals surface area (Å²) in [5, 5.41) is 0. The van der Waals surface area contributed by atoms with Crippen LogP contribution in [-0.4, -0.2) is 9.38 Å². The molecule has 0 atom stereocenters. The average molecular weight is 227 g/mol. The average Bonchev–Trinajstić information content (AvgIpc) is 2.28. The van der Waals surface area contributed by atoms with Crippen molar-refractivity contribution < 1.29 is 0 Å². The van der Waals surface area contributed by atoms with Crippen molar-refractivity contribution in [2.24, 2.45) is 0 Å². The summed E-state index contributed by atoms with van der Waals surface area (Å²) >= 11 is 0. The smallest absolute Gasteiger partial charge is 0.278 e. The molecule has 2 rings (SSSR count). The molecule has 0 aromatic carbocycles. The van der Waals surface area contributed by atoms with Gasteiger partial charge in [-0.2, -0.15) is 0 Å². The number of hydrogen-bond acceptors (Lipinski definition) is 2. The number of pyridine rings is 1. The standard InChI is InChI=1S/C13H13N3O/c1-13(2,3)11-10(14-4)9-7-5-6-8-16(9)12(17)15-11/h5-8H,1-3H3. The fourth-order valence-corrected chi connectivity index (χ4v) is 1.76. The minimum atomic E-state index is -0.335. The highest BCUT2D eigenvalue weighted by Gasteiger charge is 2.23. The first-order valence-electron chi connectivity index (χ1n) is 5.34. The van der Waals surface area contributed by atoms with Crippen LogP contribution in [0.4, 0.5) is 5.69 Å². The molecule has 2 aromatic heterocycles. The number of aromatic nitrogens is 2. The molecule has 17 heavy (non-hydrogen) atoms. The van der Waals surface area contributed by atoms with Crippen LogP contribution < -0.4 is 5.69 Å². The Bertz CT molecular complexity index is 672. The van der Waals surface area contributed by atoms with Crippen molar-refractivity contribution in [1.82, 2.24) is 9.38 Å². The van der Waals surface area contributed by atoms with Crippen LogP contribution in [0.25, 0.3) is 10.4 Å². The summed E-state index contributed by atoms with van der Waals surface area (Å²) in [6, 6.07) is 5.34. The minimum absolute atomic E-state index is 0.316. The molecule has 2 heterocycles. The van der Waals surface area contributed by atoms with Gasteiger partial charge < -0.3 is 0 Å². The topological polar surface area (TPSA) is 38.7 Å². The van der Waals surface area contributed by atoms with Gasteiger partial charge in [0.25, 0.3) is 0 Å². The van der Waals surface area contributed by atoms with Crippen LogP contribution in [0.3, 0.4) is 0 Å². The first kappa shape index (κ1) is 11.3. The fraction of sp³-hybridized carbons (Fsp3) is 0.308. The van der Waals surface area contributed by atoms with Gasteiger partial charge in [-0.3, -0.25) is 4.40 Å². The van der Waals surface area contributed by atoms with Crippen molar-refractivity contribution >= 4 is 11.2 Å². The van der Waals surface area contributed by atoms with E-state index in [0.29, 0.717) is 16.9 Å². The molecule has 0 spiro atoms.